The predicted molar refractivity (Wildman–Crippen MR) is 115 cm³/mol. The van der Waals surface area contributed by atoms with E-state index in [1.165, 1.54) is 10.0 Å². The average Bonchev–Trinajstić information content (AvgIpc) is 3.07. The van der Waals surface area contributed by atoms with Crippen molar-refractivity contribution in [3.63, 3.8) is 0 Å². The molecule has 0 atom stereocenters. The molecule has 148 valence electrons. The van der Waals surface area contributed by atoms with Crippen molar-refractivity contribution in [3.05, 3.63) is 58.7 Å². The summed E-state index contributed by atoms with van der Waals surface area (Å²) >= 11 is 12.2. The van der Waals surface area contributed by atoms with E-state index in [2.05, 4.69) is 16.7 Å². The molecule has 0 saturated carbocycles. The van der Waals surface area contributed by atoms with Crippen molar-refractivity contribution in [2.75, 3.05) is 37.6 Å². The molecule has 5 nitrogen and oxygen atoms in total. The number of rotatable bonds is 4. The normalized spacial score (nSPS) is 16.0. The van der Waals surface area contributed by atoms with Gasteiger partial charge in [0.2, 0.25) is 0 Å². The highest BCUT2D eigenvalue weighted by Gasteiger charge is 2.25. The maximum atomic E-state index is 13.3. The van der Waals surface area contributed by atoms with E-state index >= 15 is 0 Å². The summed E-state index contributed by atoms with van der Waals surface area (Å²) in [6.45, 7) is 6.80. The van der Waals surface area contributed by atoms with Crippen LogP contribution in [-0.2, 0) is 10.0 Å². The highest BCUT2D eigenvalue weighted by Crippen LogP contribution is 2.34. The van der Waals surface area contributed by atoms with E-state index in [-0.39, 0.29) is 4.90 Å². The zero-order valence-electron chi connectivity index (χ0n) is 15.5. The van der Waals surface area contributed by atoms with Crippen molar-refractivity contribution >= 4 is 49.8 Å². The molecule has 28 heavy (non-hydrogen) atoms. The summed E-state index contributed by atoms with van der Waals surface area (Å²) in [4.78, 5) is 4.78. The minimum atomic E-state index is -3.80. The molecule has 0 bridgehead atoms. The molecule has 0 N–H and O–H groups in total. The third kappa shape index (κ3) is 3.50. The van der Waals surface area contributed by atoms with Gasteiger partial charge in [0.25, 0.3) is 10.0 Å². The Bertz CT molecular complexity index is 1120. The first-order valence-electron chi connectivity index (χ1n) is 9.19. The van der Waals surface area contributed by atoms with E-state index in [1.54, 1.807) is 36.5 Å². The van der Waals surface area contributed by atoms with Gasteiger partial charge < -0.3 is 9.80 Å². The predicted octanol–water partition coefficient (Wildman–Crippen LogP) is 4.33. The molecule has 4 rings (SSSR count). The van der Waals surface area contributed by atoms with Crippen LogP contribution in [0.2, 0.25) is 10.0 Å². The molecule has 2 heterocycles. The Morgan fingerprint density at radius 3 is 2.36 bits per heavy atom. The Balaban J connectivity index is 1.84. The van der Waals surface area contributed by atoms with Gasteiger partial charge in [-0.25, -0.2) is 12.4 Å². The van der Waals surface area contributed by atoms with Crippen molar-refractivity contribution in [3.8, 4) is 0 Å². The van der Waals surface area contributed by atoms with Crippen LogP contribution >= 0.6 is 23.2 Å². The number of nitrogens with zero attached hydrogens (tertiary/aromatic N) is 3. The molecule has 1 aliphatic rings. The van der Waals surface area contributed by atoms with Gasteiger partial charge >= 0.3 is 0 Å². The van der Waals surface area contributed by atoms with Gasteiger partial charge in [-0.05, 0) is 42.9 Å². The van der Waals surface area contributed by atoms with E-state index in [0.29, 0.717) is 15.6 Å². The first-order valence-corrected chi connectivity index (χ1v) is 11.4. The Labute approximate surface area is 175 Å². The zero-order valence-corrected chi connectivity index (χ0v) is 17.8. The molecular formula is C20H21Cl2N3O2S. The Morgan fingerprint density at radius 2 is 1.68 bits per heavy atom. The summed E-state index contributed by atoms with van der Waals surface area (Å²) < 4.78 is 28.0. The van der Waals surface area contributed by atoms with Gasteiger partial charge in [0.15, 0.2) is 0 Å². The minimum Gasteiger partial charge on any atom is -0.367 e. The first-order chi connectivity index (χ1) is 13.4. The largest absolute Gasteiger partial charge is 0.367 e. The molecule has 1 aliphatic heterocycles. The molecule has 0 spiro atoms. The highest BCUT2D eigenvalue weighted by atomic mass is 35.5. The number of benzene rings is 2. The lowest BCUT2D eigenvalue weighted by Crippen LogP contribution is -2.46. The molecule has 0 radical (unpaired) electrons. The smallest absolute Gasteiger partial charge is 0.268 e. The Hall–Kier alpha value is -1.73. The maximum Gasteiger partial charge on any atom is 0.268 e. The van der Waals surface area contributed by atoms with Crippen LogP contribution in [0.5, 0.6) is 0 Å². The van der Waals surface area contributed by atoms with Crippen molar-refractivity contribution < 1.29 is 8.42 Å². The number of piperazine rings is 1. The van der Waals surface area contributed by atoms with E-state index in [0.717, 1.165) is 43.8 Å². The molecular weight excluding hydrogens is 417 g/mol. The number of hydrogen-bond donors (Lipinski definition) is 0. The van der Waals surface area contributed by atoms with Crippen LogP contribution in [-0.4, -0.2) is 50.0 Å². The molecule has 1 saturated heterocycles. The second-order valence-corrected chi connectivity index (χ2v) is 9.54. The van der Waals surface area contributed by atoms with Crippen LogP contribution in [0.25, 0.3) is 10.9 Å². The summed E-state index contributed by atoms with van der Waals surface area (Å²) in [6.07, 6.45) is 1.71. The summed E-state index contributed by atoms with van der Waals surface area (Å²) in [6, 6.07) is 11.7. The van der Waals surface area contributed by atoms with Crippen LogP contribution in [0.3, 0.4) is 0 Å². The number of anilines is 1. The van der Waals surface area contributed by atoms with Crippen LogP contribution in [0.1, 0.15) is 6.92 Å². The van der Waals surface area contributed by atoms with Gasteiger partial charge in [-0.15, -0.1) is 0 Å². The molecule has 3 aromatic rings. The van der Waals surface area contributed by atoms with Gasteiger partial charge in [0, 0.05) is 47.8 Å². The SMILES string of the molecule is CCN1CCN(c2cn(S(=O)(=O)c3cccc(Cl)c3)c3cc(Cl)ccc23)CC1. The zero-order chi connectivity index (χ0) is 19.9. The quantitative estimate of drug-likeness (QED) is 0.609. The van der Waals surface area contributed by atoms with Gasteiger partial charge in [0.1, 0.15) is 0 Å². The monoisotopic (exact) mass is 437 g/mol. The molecule has 0 aliphatic carbocycles. The molecule has 0 amide bonds. The van der Waals surface area contributed by atoms with Gasteiger partial charge in [0.05, 0.1) is 16.1 Å². The Morgan fingerprint density at radius 1 is 0.964 bits per heavy atom. The van der Waals surface area contributed by atoms with E-state index in [9.17, 15) is 8.42 Å². The lowest BCUT2D eigenvalue weighted by Gasteiger charge is -2.35. The van der Waals surface area contributed by atoms with Crippen LogP contribution in [0.4, 0.5) is 5.69 Å². The number of likely N-dealkylation sites (N-methyl/N-ethyl adjacent to an activating group) is 1. The number of aromatic nitrogens is 1. The van der Waals surface area contributed by atoms with Crippen molar-refractivity contribution in [2.24, 2.45) is 0 Å². The summed E-state index contributed by atoms with van der Waals surface area (Å²) in [5.41, 5.74) is 1.48. The molecule has 1 fully saturated rings. The Kier molecular flexibility index (Phi) is 5.31. The molecule has 1 aromatic heterocycles. The third-order valence-corrected chi connectivity index (χ3v) is 7.37. The lowest BCUT2D eigenvalue weighted by molar-refractivity contribution is 0.271. The van der Waals surface area contributed by atoms with Crippen LogP contribution in [0, 0.1) is 0 Å². The summed E-state index contributed by atoms with van der Waals surface area (Å²) in [5, 5.41) is 1.75. The third-order valence-electron chi connectivity index (χ3n) is 5.23. The van der Waals surface area contributed by atoms with Crippen molar-refractivity contribution in [1.82, 2.24) is 8.87 Å². The average molecular weight is 438 g/mol. The van der Waals surface area contributed by atoms with Crippen LogP contribution in [0.15, 0.2) is 53.6 Å². The second kappa shape index (κ2) is 7.59. The first kappa shape index (κ1) is 19.6. The standard InChI is InChI=1S/C20H21Cl2N3O2S/c1-2-23-8-10-24(11-9-23)20-14-25(19-13-16(22)6-7-18(19)20)28(26,27)17-5-3-4-15(21)12-17/h3-7,12-14H,2,8-11H2,1H3. The fraction of sp³-hybridized carbons (Fsp3) is 0.300. The molecule has 2 aromatic carbocycles. The fourth-order valence-electron chi connectivity index (χ4n) is 3.65. The van der Waals surface area contributed by atoms with Gasteiger partial charge in [-0.3, -0.25) is 0 Å². The number of fused-ring (bicyclic) bond motifs is 1. The van der Waals surface area contributed by atoms with E-state index in [1.807, 2.05) is 6.07 Å². The fourth-order valence-corrected chi connectivity index (χ4v) is 5.47. The number of halogens is 2. The lowest BCUT2D eigenvalue weighted by atomic mass is 10.2. The summed E-state index contributed by atoms with van der Waals surface area (Å²) in [7, 11) is -3.80. The summed E-state index contributed by atoms with van der Waals surface area (Å²) in [5.74, 6) is 0. The van der Waals surface area contributed by atoms with E-state index < -0.39 is 10.0 Å². The van der Waals surface area contributed by atoms with Gasteiger partial charge in [-0.2, -0.15) is 0 Å². The molecule has 0 unspecified atom stereocenters. The van der Waals surface area contributed by atoms with Gasteiger partial charge in [-0.1, -0.05) is 36.2 Å². The minimum absolute atomic E-state index is 0.152. The molecule has 8 heteroatoms. The number of hydrogen-bond acceptors (Lipinski definition) is 4. The van der Waals surface area contributed by atoms with Crippen molar-refractivity contribution in [2.45, 2.75) is 11.8 Å². The topological polar surface area (TPSA) is 45.5 Å². The van der Waals surface area contributed by atoms with Crippen LogP contribution < -0.4 is 4.90 Å². The highest BCUT2D eigenvalue weighted by molar-refractivity contribution is 7.90. The second-order valence-electron chi connectivity index (χ2n) is 6.86. The van der Waals surface area contributed by atoms with Crippen molar-refractivity contribution in [1.29, 1.82) is 0 Å². The van der Waals surface area contributed by atoms with E-state index in [4.69, 9.17) is 23.2 Å². The maximum absolute atomic E-state index is 13.3.